The molecule has 2 aromatic carbocycles. The fourth-order valence-electron chi connectivity index (χ4n) is 3.05. The first-order chi connectivity index (χ1) is 11.2. The molecule has 0 fully saturated rings. The molecule has 1 unspecified atom stereocenters. The van der Waals surface area contributed by atoms with Gasteiger partial charge in [0.2, 0.25) is 0 Å². The second kappa shape index (κ2) is 5.81. The molecule has 0 saturated heterocycles. The van der Waals surface area contributed by atoms with E-state index in [-0.39, 0.29) is 0 Å². The summed E-state index contributed by atoms with van der Waals surface area (Å²) in [5.41, 5.74) is 2.33. The first kappa shape index (κ1) is 14.5. The zero-order valence-electron chi connectivity index (χ0n) is 12.8. The lowest BCUT2D eigenvalue weighted by molar-refractivity contribution is 0.492. The fraction of sp³-hybridized carbons (Fsp3) is 0.222. The van der Waals surface area contributed by atoms with Gasteiger partial charge in [-0.2, -0.15) is 0 Å². The Morgan fingerprint density at radius 1 is 1.30 bits per heavy atom. The van der Waals surface area contributed by atoms with Crippen LogP contribution in [0, 0.1) is 5.92 Å². The predicted octanol–water partition coefficient (Wildman–Crippen LogP) is 4.31. The Kier molecular flexibility index (Phi) is 3.65. The summed E-state index contributed by atoms with van der Waals surface area (Å²) in [7, 11) is 0. The molecule has 0 bridgehead atoms. The van der Waals surface area contributed by atoms with Crippen LogP contribution in [0.25, 0.3) is 10.8 Å². The van der Waals surface area contributed by atoms with Gasteiger partial charge in [0, 0.05) is 46.6 Å². The highest BCUT2D eigenvalue weighted by molar-refractivity contribution is 9.10. The van der Waals surface area contributed by atoms with Crippen LogP contribution < -0.4 is 5.32 Å². The van der Waals surface area contributed by atoms with E-state index in [2.05, 4.69) is 68.1 Å². The van der Waals surface area contributed by atoms with E-state index in [0.717, 1.165) is 29.1 Å². The Morgan fingerprint density at radius 3 is 3.04 bits per heavy atom. The Hall–Kier alpha value is -2.14. The lowest BCUT2D eigenvalue weighted by Gasteiger charge is -2.10. The molecule has 1 atom stereocenters. The fourth-order valence-corrected chi connectivity index (χ4v) is 3.51. The van der Waals surface area contributed by atoms with Crippen molar-refractivity contribution in [2.24, 2.45) is 10.9 Å². The molecule has 1 aliphatic rings. The summed E-state index contributed by atoms with van der Waals surface area (Å²) in [6, 6.07) is 10.5. The van der Waals surface area contributed by atoms with Gasteiger partial charge < -0.3 is 9.88 Å². The van der Waals surface area contributed by atoms with Crippen LogP contribution in [0.5, 0.6) is 0 Å². The van der Waals surface area contributed by atoms with E-state index < -0.39 is 0 Å². The molecule has 0 amide bonds. The van der Waals surface area contributed by atoms with Crippen LogP contribution in [0.15, 0.2) is 58.5 Å². The van der Waals surface area contributed by atoms with Crippen molar-refractivity contribution in [3.05, 3.63) is 59.1 Å². The smallest absolute Gasteiger partial charge is 0.133 e. The maximum absolute atomic E-state index is 4.83. The largest absolute Gasteiger partial charge is 0.339 e. The van der Waals surface area contributed by atoms with Gasteiger partial charge in [0.05, 0.1) is 6.33 Å². The molecule has 5 heteroatoms. The summed E-state index contributed by atoms with van der Waals surface area (Å²) in [5, 5.41) is 5.94. The van der Waals surface area contributed by atoms with Crippen LogP contribution in [0.4, 0.5) is 5.69 Å². The van der Waals surface area contributed by atoms with E-state index in [4.69, 9.17) is 4.99 Å². The van der Waals surface area contributed by atoms with E-state index >= 15 is 0 Å². The summed E-state index contributed by atoms with van der Waals surface area (Å²) in [5.74, 6) is 1.43. The minimum Gasteiger partial charge on any atom is -0.339 e. The zero-order chi connectivity index (χ0) is 15.8. The van der Waals surface area contributed by atoms with Crippen molar-refractivity contribution in [2.75, 3.05) is 11.9 Å². The van der Waals surface area contributed by atoms with E-state index in [9.17, 15) is 0 Å². The molecule has 1 aliphatic heterocycles. The number of aromatic nitrogens is 2. The molecular formula is C18H17BrN4. The van der Waals surface area contributed by atoms with Gasteiger partial charge in [-0.25, -0.2) is 4.98 Å². The van der Waals surface area contributed by atoms with Gasteiger partial charge >= 0.3 is 0 Å². The van der Waals surface area contributed by atoms with Crippen LogP contribution >= 0.6 is 15.9 Å². The summed E-state index contributed by atoms with van der Waals surface area (Å²) >= 11 is 3.63. The number of nitrogens with one attached hydrogen (secondary N) is 1. The van der Waals surface area contributed by atoms with E-state index in [1.807, 2.05) is 18.7 Å². The van der Waals surface area contributed by atoms with Gasteiger partial charge in [-0.05, 0) is 23.4 Å². The highest BCUT2D eigenvalue weighted by Gasteiger charge is 2.20. The zero-order valence-corrected chi connectivity index (χ0v) is 14.4. The Labute approximate surface area is 143 Å². The molecule has 0 radical (unpaired) electrons. The average molecular weight is 369 g/mol. The third-order valence-electron chi connectivity index (χ3n) is 4.14. The van der Waals surface area contributed by atoms with Gasteiger partial charge in [-0.15, -0.1) is 0 Å². The second-order valence-electron chi connectivity index (χ2n) is 6.00. The molecule has 4 rings (SSSR count). The average Bonchev–Trinajstić information content (AvgIpc) is 3.18. The topological polar surface area (TPSA) is 42.2 Å². The van der Waals surface area contributed by atoms with Gasteiger partial charge in [0.1, 0.15) is 5.84 Å². The number of benzene rings is 2. The Bertz CT molecular complexity index is 883. The molecule has 1 N–H and O–H groups in total. The van der Waals surface area contributed by atoms with Gasteiger partial charge in [0.25, 0.3) is 0 Å². The lowest BCUT2D eigenvalue weighted by Crippen LogP contribution is -2.13. The van der Waals surface area contributed by atoms with E-state index in [0.29, 0.717) is 5.92 Å². The van der Waals surface area contributed by atoms with Crippen molar-refractivity contribution < 1.29 is 0 Å². The second-order valence-corrected chi connectivity index (χ2v) is 6.86. The highest BCUT2D eigenvalue weighted by Crippen LogP contribution is 2.37. The van der Waals surface area contributed by atoms with Crippen molar-refractivity contribution >= 4 is 38.2 Å². The molecule has 2 heterocycles. The van der Waals surface area contributed by atoms with Gasteiger partial charge in [-0.3, -0.25) is 4.99 Å². The number of rotatable bonds is 4. The summed E-state index contributed by atoms with van der Waals surface area (Å²) in [6.45, 7) is 3.93. The molecular weight excluding hydrogens is 352 g/mol. The van der Waals surface area contributed by atoms with Crippen LogP contribution in [0.2, 0.25) is 0 Å². The molecule has 4 nitrogen and oxygen atoms in total. The molecule has 0 spiro atoms. The van der Waals surface area contributed by atoms with Crippen molar-refractivity contribution in [3.8, 4) is 0 Å². The molecule has 0 aliphatic carbocycles. The van der Waals surface area contributed by atoms with Crippen LogP contribution in [-0.4, -0.2) is 21.9 Å². The summed E-state index contributed by atoms with van der Waals surface area (Å²) in [4.78, 5) is 8.91. The minimum atomic E-state index is 0.452. The summed E-state index contributed by atoms with van der Waals surface area (Å²) in [6.07, 6.45) is 5.66. The van der Waals surface area contributed by atoms with E-state index in [1.54, 1.807) is 0 Å². The maximum atomic E-state index is 4.83. The third kappa shape index (κ3) is 2.65. The maximum Gasteiger partial charge on any atom is 0.133 e. The SMILES string of the molecule is CC(CN=C1Nc2ccc(Br)c3cccc1c23)Cn1ccnc1. The number of hydrogen-bond donors (Lipinski definition) is 1. The molecule has 0 saturated carbocycles. The van der Waals surface area contributed by atoms with Crippen molar-refractivity contribution in [1.82, 2.24) is 9.55 Å². The van der Waals surface area contributed by atoms with Gasteiger partial charge in [-0.1, -0.05) is 41.1 Å². The van der Waals surface area contributed by atoms with Crippen molar-refractivity contribution in [3.63, 3.8) is 0 Å². The minimum absolute atomic E-state index is 0.452. The van der Waals surface area contributed by atoms with Crippen molar-refractivity contribution in [1.29, 1.82) is 0 Å². The normalized spacial score (nSPS) is 16.0. The first-order valence-electron chi connectivity index (χ1n) is 7.71. The Morgan fingerprint density at radius 2 is 2.22 bits per heavy atom. The first-order valence-corrected chi connectivity index (χ1v) is 8.50. The molecule has 3 aromatic rings. The lowest BCUT2D eigenvalue weighted by atomic mass is 10.1. The molecule has 116 valence electrons. The number of hydrogen-bond acceptors (Lipinski definition) is 2. The predicted molar refractivity (Wildman–Crippen MR) is 98.1 cm³/mol. The van der Waals surface area contributed by atoms with Crippen LogP contribution in [0.1, 0.15) is 12.5 Å². The third-order valence-corrected chi connectivity index (χ3v) is 4.83. The number of amidine groups is 1. The number of nitrogens with zero attached hydrogens (tertiary/aromatic N) is 3. The van der Waals surface area contributed by atoms with E-state index in [1.165, 1.54) is 16.3 Å². The van der Waals surface area contributed by atoms with Crippen LogP contribution in [0.3, 0.4) is 0 Å². The number of anilines is 1. The number of aliphatic imine (C=N–C) groups is 1. The number of halogens is 1. The van der Waals surface area contributed by atoms with Crippen LogP contribution in [-0.2, 0) is 6.54 Å². The number of imidazole rings is 1. The van der Waals surface area contributed by atoms with Crippen molar-refractivity contribution in [2.45, 2.75) is 13.5 Å². The monoisotopic (exact) mass is 368 g/mol. The summed E-state index contributed by atoms with van der Waals surface area (Å²) < 4.78 is 3.22. The molecule has 23 heavy (non-hydrogen) atoms. The highest BCUT2D eigenvalue weighted by atomic mass is 79.9. The standard InChI is InChI=1S/C18H17BrN4/c1-12(10-23-8-7-20-11-23)9-21-18-14-4-2-3-13-15(19)5-6-16(22-18)17(13)14/h2-8,11-12H,9-10H2,1H3,(H,21,22). The Balaban J connectivity index is 1.59. The molecule has 1 aromatic heterocycles. The quantitative estimate of drug-likeness (QED) is 0.745. The van der Waals surface area contributed by atoms with Gasteiger partial charge in [0.15, 0.2) is 0 Å².